The molecule has 1 amide bonds. The first-order valence-electron chi connectivity index (χ1n) is 7.35. The molecule has 20 heavy (non-hydrogen) atoms. The molecule has 0 bridgehead atoms. The molecule has 0 atom stereocenters. The van der Waals surface area contributed by atoms with E-state index >= 15 is 0 Å². The molecule has 0 unspecified atom stereocenters. The molecule has 0 aromatic heterocycles. The Labute approximate surface area is 120 Å². The minimum absolute atomic E-state index is 0.138. The van der Waals surface area contributed by atoms with E-state index in [4.69, 9.17) is 4.74 Å². The van der Waals surface area contributed by atoms with Gasteiger partial charge >= 0.3 is 0 Å². The Balaban J connectivity index is 1.94. The van der Waals surface area contributed by atoms with Crippen molar-refractivity contribution < 1.29 is 9.53 Å². The number of carbonyl (C=O) groups is 1. The van der Waals surface area contributed by atoms with E-state index in [2.05, 4.69) is 25.2 Å². The van der Waals surface area contributed by atoms with E-state index < -0.39 is 0 Å². The van der Waals surface area contributed by atoms with Crippen molar-refractivity contribution in [3.05, 3.63) is 29.3 Å². The summed E-state index contributed by atoms with van der Waals surface area (Å²) >= 11 is 0. The summed E-state index contributed by atoms with van der Waals surface area (Å²) in [5.74, 6) is 0.138. The standard InChI is InChI=1S/C16H22N2O2/c1-16(2)11-20-10-9-18(16)15(19)13-5-3-7-14-12(13)6-4-8-17-14/h3,5,7,17H,4,6,8-11H2,1-2H3. The number of hydrogen-bond donors (Lipinski definition) is 1. The summed E-state index contributed by atoms with van der Waals surface area (Å²) in [6.45, 7) is 7.03. The third kappa shape index (κ3) is 2.29. The molecule has 1 saturated heterocycles. The highest BCUT2D eigenvalue weighted by Gasteiger charge is 2.35. The number of nitrogens with zero attached hydrogens (tertiary/aromatic N) is 1. The summed E-state index contributed by atoms with van der Waals surface area (Å²) in [4.78, 5) is 14.9. The third-order valence-electron chi connectivity index (χ3n) is 4.22. The maximum Gasteiger partial charge on any atom is 0.254 e. The lowest BCUT2D eigenvalue weighted by Crippen LogP contribution is -2.55. The maximum atomic E-state index is 12.9. The van der Waals surface area contributed by atoms with Crippen LogP contribution in [-0.4, -0.2) is 42.6 Å². The first-order valence-corrected chi connectivity index (χ1v) is 7.35. The number of benzene rings is 1. The van der Waals surface area contributed by atoms with Crippen LogP contribution >= 0.6 is 0 Å². The second-order valence-electron chi connectivity index (χ2n) is 6.18. The number of rotatable bonds is 1. The summed E-state index contributed by atoms with van der Waals surface area (Å²) < 4.78 is 5.51. The van der Waals surface area contributed by atoms with Crippen LogP contribution in [0.25, 0.3) is 0 Å². The van der Waals surface area contributed by atoms with Gasteiger partial charge in [-0.3, -0.25) is 4.79 Å². The van der Waals surface area contributed by atoms with Crippen LogP contribution in [0.1, 0.15) is 36.2 Å². The molecule has 0 saturated carbocycles. The Morgan fingerprint density at radius 1 is 1.40 bits per heavy atom. The number of hydrogen-bond acceptors (Lipinski definition) is 3. The van der Waals surface area contributed by atoms with Crippen LogP contribution in [0.5, 0.6) is 0 Å². The molecule has 0 spiro atoms. The van der Waals surface area contributed by atoms with Gasteiger partial charge in [-0.05, 0) is 44.4 Å². The van der Waals surface area contributed by atoms with E-state index in [9.17, 15) is 4.79 Å². The predicted molar refractivity (Wildman–Crippen MR) is 79.2 cm³/mol. The maximum absolute atomic E-state index is 12.9. The molecule has 4 nitrogen and oxygen atoms in total. The van der Waals surface area contributed by atoms with Crippen LogP contribution in [-0.2, 0) is 11.2 Å². The van der Waals surface area contributed by atoms with Gasteiger partial charge in [0, 0.05) is 24.3 Å². The molecule has 108 valence electrons. The van der Waals surface area contributed by atoms with Crippen molar-refractivity contribution >= 4 is 11.6 Å². The minimum atomic E-state index is -0.236. The zero-order valence-electron chi connectivity index (χ0n) is 12.2. The molecule has 2 heterocycles. The Morgan fingerprint density at radius 3 is 3.05 bits per heavy atom. The van der Waals surface area contributed by atoms with Gasteiger partial charge in [-0.2, -0.15) is 0 Å². The van der Waals surface area contributed by atoms with Gasteiger partial charge in [0.05, 0.1) is 18.8 Å². The summed E-state index contributed by atoms with van der Waals surface area (Å²) in [5, 5.41) is 3.39. The van der Waals surface area contributed by atoms with Crippen molar-refractivity contribution in [1.82, 2.24) is 4.90 Å². The SMILES string of the molecule is CC1(C)COCCN1C(=O)c1cccc2c1CCCN2. The number of morpholine rings is 1. The van der Waals surface area contributed by atoms with Crippen LogP contribution in [0, 0.1) is 0 Å². The van der Waals surface area contributed by atoms with Gasteiger partial charge in [-0.15, -0.1) is 0 Å². The average molecular weight is 274 g/mol. The highest BCUT2D eigenvalue weighted by Crippen LogP contribution is 2.29. The topological polar surface area (TPSA) is 41.6 Å². The first-order chi connectivity index (χ1) is 9.59. The van der Waals surface area contributed by atoms with Crippen molar-refractivity contribution in [2.75, 3.05) is 31.6 Å². The van der Waals surface area contributed by atoms with Gasteiger partial charge in [-0.25, -0.2) is 0 Å². The van der Waals surface area contributed by atoms with Crippen molar-refractivity contribution in [3.8, 4) is 0 Å². The molecule has 3 rings (SSSR count). The summed E-state index contributed by atoms with van der Waals surface area (Å²) in [5.41, 5.74) is 2.91. The lowest BCUT2D eigenvalue weighted by atomic mass is 9.94. The minimum Gasteiger partial charge on any atom is -0.385 e. The molecule has 4 heteroatoms. The van der Waals surface area contributed by atoms with Crippen LogP contribution in [0.4, 0.5) is 5.69 Å². The van der Waals surface area contributed by atoms with E-state index in [1.54, 1.807) is 0 Å². The highest BCUT2D eigenvalue weighted by atomic mass is 16.5. The summed E-state index contributed by atoms with van der Waals surface area (Å²) in [7, 11) is 0. The van der Waals surface area contributed by atoms with Crippen LogP contribution in [0.3, 0.4) is 0 Å². The van der Waals surface area contributed by atoms with Crippen LogP contribution < -0.4 is 5.32 Å². The Kier molecular flexibility index (Phi) is 3.42. The average Bonchev–Trinajstić information content (AvgIpc) is 2.45. The fourth-order valence-electron chi connectivity index (χ4n) is 3.09. The highest BCUT2D eigenvalue weighted by molar-refractivity contribution is 5.97. The number of anilines is 1. The Bertz CT molecular complexity index is 525. The zero-order chi connectivity index (χ0) is 14.2. The molecule has 1 fully saturated rings. The van der Waals surface area contributed by atoms with Gasteiger partial charge in [0.2, 0.25) is 0 Å². The molecular weight excluding hydrogens is 252 g/mol. The summed E-state index contributed by atoms with van der Waals surface area (Å²) in [6.07, 6.45) is 2.07. The van der Waals surface area contributed by atoms with Gasteiger partial charge in [0.1, 0.15) is 0 Å². The molecule has 1 aromatic rings. The molecule has 1 N–H and O–H groups in total. The van der Waals surface area contributed by atoms with E-state index in [-0.39, 0.29) is 11.4 Å². The van der Waals surface area contributed by atoms with Gasteiger partial charge < -0.3 is 15.0 Å². The van der Waals surface area contributed by atoms with Crippen molar-refractivity contribution in [2.24, 2.45) is 0 Å². The third-order valence-corrected chi connectivity index (χ3v) is 4.22. The number of ether oxygens (including phenoxy) is 1. The lowest BCUT2D eigenvalue weighted by Gasteiger charge is -2.42. The fourth-order valence-corrected chi connectivity index (χ4v) is 3.09. The monoisotopic (exact) mass is 274 g/mol. The van der Waals surface area contributed by atoms with Gasteiger partial charge in [0.15, 0.2) is 0 Å². The van der Waals surface area contributed by atoms with E-state index in [1.807, 2.05) is 17.0 Å². The Hall–Kier alpha value is -1.55. The fraction of sp³-hybridized carbons (Fsp3) is 0.562. The lowest BCUT2D eigenvalue weighted by molar-refractivity contribution is -0.0371. The van der Waals surface area contributed by atoms with Crippen LogP contribution in [0.15, 0.2) is 18.2 Å². The Morgan fingerprint density at radius 2 is 2.25 bits per heavy atom. The molecule has 0 aliphatic carbocycles. The normalized spacial score (nSPS) is 21.0. The van der Waals surface area contributed by atoms with Crippen molar-refractivity contribution in [2.45, 2.75) is 32.2 Å². The quantitative estimate of drug-likeness (QED) is 0.854. The summed E-state index contributed by atoms with van der Waals surface area (Å²) in [6, 6.07) is 5.99. The van der Waals surface area contributed by atoms with Crippen LogP contribution in [0.2, 0.25) is 0 Å². The van der Waals surface area contributed by atoms with Crippen molar-refractivity contribution in [1.29, 1.82) is 0 Å². The molecule has 2 aliphatic rings. The number of carbonyl (C=O) groups excluding carboxylic acids is 1. The van der Waals surface area contributed by atoms with Gasteiger partial charge in [-0.1, -0.05) is 6.07 Å². The number of fused-ring (bicyclic) bond motifs is 1. The molecule has 1 aromatic carbocycles. The smallest absolute Gasteiger partial charge is 0.254 e. The largest absolute Gasteiger partial charge is 0.385 e. The van der Waals surface area contributed by atoms with E-state index in [0.717, 1.165) is 30.6 Å². The van der Waals surface area contributed by atoms with Crippen molar-refractivity contribution in [3.63, 3.8) is 0 Å². The second kappa shape index (κ2) is 5.09. The predicted octanol–water partition coefficient (Wildman–Crippen LogP) is 2.30. The second-order valence-corrected chi connectivity index (χ2v) is 6.18. The molecule has 0 radical (unpaired) electrons. The van der Waals surface area contributed by atoms with E-state index in [1.165, 1.54) is 5.56 Å². The number of nitrogens with one attached hydrogen (secondary N) is 1. The zero-order valence-corrected chi connectivity index (χ0v) is 12.2. The van der Waals surface area contributed by atoms with Gasteiger partial charge in [0.25, 0.3) is 5.91 Å². The van der Waals surface area contributed by atoms with E-state index in [0.29, 0.717) is 19.8 Å². The first kappa shape index (κ1) is 13.4. The molecule has 2 aliphatic heterocycles. The number of amides is 1. The molecular formula is C16H22N2O2.